The van der Waals surface area contributed by atoms with E-state index in [-0.39, 0.29) is 42.3 Å². The Balaban J connectivity index is 1.12. The molecule has 3 saturated heterocycles. The zero-order valence-electron chi connectivity index (χ0n) is 25.7. The molecule has 2 aromatic rings. The Bertz CT molecular complexity index is 1310. The summed E-state index contributed by atoms with van der Waals surface area (Å²) in [5.74, 6) is -0.483. The van der Waals surface area contributed by atoms with Gasteiger partial charge in [-0.3, -0.25) is 19.3 Å². The van der Waals surface area contributed by atoms with E-state index in [9.17, 15) is 14.4 Å². The summed E-state index contributed by atoms with van der Waals surface area (Å²) in [5, 5.41) is 9.37. The molecule has 11 nitrogen and oxygen atoms in total. The van der Waals surface area contributed by atoms with Crippen molar-refractivity contribution in [2.24, 2.45) is 5.92 Å². The van der Waals surface area contributed by atoms with Gasteiger partial charge in [0, 0.05) is 62.9 Å². The highest BCUT2D eigenvalue weighted by Crippen LogP contribution is 2.33. The highest BCUT2D eigenvalue weighted by molar-refractivity contribution is 7.14. The molecule has 6 rings (SSSR count). The van der Waals surface area contributed by atoms with Gasteiger partial charge in [-0.1, -0.05) is 31.4 Å². The molecule has 0 unspecified atom stereocenters. The maximum atomic E-state index is 14.1. The highest BCUT2D eigenvalue weighted by atomic mass is 32.1. The minimum Gasteiger partial charge on any atom is -0.383 e. The van der Waals surface area contributed by atoms with Crippen molar-refractivity contribution in [1.29, 1.82) is 0 Å². The summed E-state index contributed by atoms with van der Waals surface area (Å²) in [4.78, 5) is 51.6. The number of carbonyl (C=O) groups excluding carboxylic acids is 3. The van der Waals surface area contributed by atoms with Crippen LogP contribution in [0.5, 0.6) is 0 Å². The summed E-state index contributed by atoms with van der Waals surface area (Å²) in [6.07, 6.45) is 4.62. The summed E-state index contributed by atoms with van der Waals surface area (Å²) in [7, 11) is 3.56. The molecule has 1 aromatic heterocycles. The molecule has 2 N–H and O–H groups in total. The maximum Gasteiger partial charge on any atom is 0.251 e. The number of thiazole rings is 1. The van der Waals surface area contributed by atoms with Crippen LogP contribution in [0.3, 0.4) is 0 Å². The molecule has 3 aliphatic heterocycles. The molecule has 12 heteroatoms. The average Bonchev–Trinajstić information content (AvgIpc) is 3.80. The third-order valence-electron chi connectivity index (χ3n) is 9.70. The van der Waals surface area contributed by atoms with E-state index < -0.39 is 12.1 Å². The Labute approximate surface area is 263 Å². The fraction of sp³-hybridized carbons (Fsp3) is 0.625. The number of hydrogen-bond donors (Lipinski definition) is 2. The fourth-order valence-electron chi connectivity index (χ4n) is 7.11. The number of likely N-dealkylation sites (tertiary alicyclic amines) is 1. The highest BCUT2D eigenvalue weighted by Gasteiger charge is 2.53. The molecule has 1 saturated carbocycles. The van der Waals surface area contributed by atoms with E-state index >= 15 is 0 Å². The molecule has 4 heterocycles. The second-order valence-electron chi connectivity index (χ2n) is 12.3. The smallest absolute Gasteiger partial charge is 0.251 e. The number of aromatic nitrogens is 1. The van der Waals surface area contributed by atoms with Gasteiger partial charge in [-0.05, 0) is 37.9 Å². The number of fused-ring (bicyclic) bond motifs is 1. The van der Waals surface area contributed by atoms with Crippen molar-refractivity contribution in [3.63, 3.8) is 0 Å². The zero-order chi connectivity index (χ0) is 30.6. The van der Waals surface area contributed by atoms with Gasteiger partial charge in [0.15, 0.2) is 10.9 Å². The molecule has 2 amide bonds. The van der Waals surface area contributed by atoms with Crippen LogP contribution in [0.25, 0.3) is 11.3 Å². The number of hydrogen-bond acceptors (Lipinski definition) is 10. The Morgan fingerprint density at radius 2 is 1.86 bits per heavy atom. The molecule has 44 heavy (non-hydrogen) atoms. The van der Waals surface area contributed by atoms with Gasteiger partial charge in [-0.25, -0.2) is 4.98 Å². The standard InChI is InChI=1S/C32H44N6O5S/c1-33-24-18-38(28-26(39)19-43-29(24)28)31(41)27(22-6-4-3-5-7-22)35-30(40)23-10-8-21(9-11-23)25-20-44-32(34-25)37-14-12-36(13-15-37)16-17-42-2/h8-11,20,22,24,27-29,33H,3-7,12-19H2,1-2H3,(H,35,40)/t24-,27-,28+,29+/m0/s1. The Morgan fingerprint density at radius 1 is 1.11 bits per heavy atom. The lowest BCUT2D eigenvalue weighted by molar-refractivity contribution is -0.139. The number of amides is 2. The number of Topliss-reactive ketones (excluding diaryl/α,β-unsaturated/α-hetero) is 1. The van der Waals surface area contributed by atoms with Gasteiger partial charge < -0.3 is 29.9 Å². The van der Waals surface area contributed by atoms with Gasteiger partial charge >= 0.3 is 0 Å². The average molecular weight is 625 g/mol. The van der Waals surface area contributed by atoms with Gasteiger partial charge in [0.05, 0.1) is 18.3 Å². The number of nitrogens with one attached hydrogen (secondary N) is 2. The predicted octanol–water partition coefficient (Wildman–Crippen LogP) is 2.02. The minimum absolute atomic E-state index is 0.0239. The Kier molecular flexibility index (Phi) is 9.92. The van der Waals surface area contributed by atoms with E-state index in [2.05, 4.69) is 25.8 Å². The van der Waals surface area contributed by atoms with Gasteiger partial charge in [-0.2, -0.15) is 0 Å². The topological polar surface area (TPSA) is 116 Å². The number of ketones is 1. The van der Waals surface area contributed by atoms with Crippen LogP contribution in [-0.2, 0) is 19.1 Å². The number of piperazine rings is 1. The van der Waals surface area contributed by atoms with E-state index in [1.807, 2.05) is 19.2 Å². The van der Waals surface area contributed by atoms with Crippen molar-refractivity contribution >= 4 is 34.1 Å². The number of nitrogens with zero attached hydrogens (tertiary/aromatic N) is 4. The Morgan fingerprint density at radius 3 is 2.57 bits per heavy atom. The van der Waals surface area contributed by atoms with Gasteiger partial charge in [0.25, 0.3) is 5.91 Å². The summed E-state index contributed by atoms with van der Waals surface area (Å²) in [6, 6.07) is 6.07. The molecule has 238 valence electrons. The molecular formula is C32H44N6O5S. The van der Waals surface area contributed by atoms with Crippen LogP contribution in [0.4, 0.5) is 5.13 Å². The number of methoxy groups -OCH3 is 1. The first-order valence-electron chi connectivity index (χ1n) is 15.9. The molecular weight excluding hydrogens is 580 g/mol. The molecule has 0 bridgehead atoms. The lowest BCUT2D eigenvalue weighted by Crippen LogP contribution is -2.55. The van der Waals surface area contributed by atoms with Crippen LogP contribution >= 0.6 is 11.3 Å². The van der Waals surface area contributed by atoms with Crippen LogP contribution in [0.2, 0.25) is 0 Å². The van der Waals surface area contributed by atoms with Crippen LogP contribution in [0, 0.1) is 5.92 Å². The number of carbonyl (C=O) groups is 3. The molecule has 4 aliphatic rings. The summed E-state index contributed by atoms with van der Waals surface area (Å²) < 4.78 is 11.0. The van der Waals surface area contributed by atoms with Crippen LogP contribution < -0.4 is 15.5 Å². The third-order valence-corrected chi connectivity index (χ3v) is 10.6. The van der Waals surface area contributed by atoms with E-state index in [1.54, 1.807) is 35.5 Å². The molecule has 4 fully saturated rings. The third kappa shape index (κ3) is 6.55. The molecule has 1 aliphatic carbocycles. The predicted molar refractivity (Wildman–Crippen MR) is 169 cm³/mol. The number of benzene rings is 1. The quantitative estimate of drug-likeness (QED) is 0.410. The molecule has 4 atom stereocenters. The van der Waals surface area contributed by atoms with E-state index in [4.69, 9.17) is 14.5 Å². The fourth-order valence-corrected chi connectivity index (χ4v) is 8.00. The number of ether oxygens (including phenoxy) is 2. The largest absolute Gasteiger partial charge is 0.383 e. The summed E-state index contributed by atoms with van der Waals surface area (Å²) >= 11 is 1.64. The van der Waals surface area contributed by atoms with Gasteiger partial charge in [0.1, 0.15) is 24.8 Å². The Hall–Kier alpha value is -2.90. The van der Waals surface area contributed by atoms with E-state index in [0.717, 1.165) is 87.8 Å². The van der Waals surface area contributed by atoms with Crippen LogP contribution in [0.15, 0.2) is 29.6 Å². The monoisotopic (exact) mass is 624 g/mol. The molecule has 1 aromatic carbocycles. The van der Waals surface area contributed by atoms with Crippen molar-refractivity contribution in [2.75, 3.05) is 71.5 Å². The van der Waals surface area contributed by atoms with E-state index in [0.29, 0.717) is 12.1 Å². The molecule has 0 radical (unpaired) electrons. The SMILES string of the molecule is CN[C@H]1CN(C(=O)[C@@H](NC(=O)c2ccc(-c3csc(N4CCN(CCOC)CC4)n3)cc2)C2CCCCC2)[C@@H]2C(=O)CO[C@H]12. The summed E-state index contributed by atoms with van der Waals surface area (Å²) in [6.45, 7) is 5.97. The first kappa shape index (κ1) is 31.1. The second-order valence-corrected chi connectivity index (χ2v) is 13.2. The van der Waals surface area contributed by atoms with Crippen molar-refractivity contribution in [1.82, 2.24) is 25.4 Å². The summed E-state index contributed by atoms with van der Waals surface area (Å²) in [5.41, 5.74) is 2.33. The van der Waals surface area contributed by atoms with Crippen LogP contribution in [0.1, 0.15) is 42.5 Å². The van der Waals surface area contributed by atoms with Crippen molar-refractivity contribution < 1.29 is 23.9 Å². The number of rotatable bonds is 10. The van der Waals surface area contributed by atoms with Gasteiger partial charge in [-0.15, -0.1) is 11.3 Å². The van der Waals surface area contributed by atoms with E-state index in [1.165, 1.54) is 0 Å². The number of likely N-dealkylation sites (N-methyl/N-ethyl adjacent to an activating group) is 1. The lowest BCUT2D eigenvalue weighted by atomic mass is 9.83. The van der Waals surface area contributed by atoms with Crippen molar-refractivity contribution in [3.05, 3.63) is 35.2 Å². The normalized spacial score (nSPS) is 25.3. The van der Waals surface area contributed by atoms with Crippen molar-refractivity contribution in [2.45, 2.75) is 56.3 Å². The first-order valence-corrected chi connectivity index (χ1v) is 16.8. The molecule has 0 spiro atoms. The van der Waals surface area contributed by atoms with Gasteiger partial charge in [0.2, 0.25) is 5.91 Å². The zero-order valence-corrected chi connectivity index (χ0v) is 26.5. The second kappa shape index (κ2) is 14.0. The lowest BCUT2D eigenvalue weighted by Gasteiger charge is -2.34. The van der Waals surface area contributed by atoms with Crippen molar-refractivity contribution in [3.8, 4) is 11.3 Å². The van der Waals surface area contributed by atoms with Crippen LogP contribution in [-0.4, -0.2) is 123 Å². The first-order chi connectivity index (χ1) is 21.5. The minimum atomic E-state index is -0.678. The maximum absolute atomic E-state index is 14.1. The number of anilines is 1.